The fraction of sp³-hybridized carbons (Fsp3) is 0.474. The molecule has 1 N–H and O–H groups in total. The van der Waals surface area contributed by atoms with Crippen LogP contribution in [0.15, 0.2) is 18.2 Å². The third kappa shape index (κ3) is 4.05. The summed E-state index contributed by atoms with van der Waals surface area (Å²) in [6, 6.07) is 6.14. The lowest BCUT2D eigenvalue weighted by molar-refractivity contribution is -0.133. The number of rotatable bonds is 3. The Balaban J connectivity index is 0.00000243. The van der Waals surface area contributed by atoms with Crippen LogP contribution in [0, 0.1) is 20.8 Å². The van der Waals surface area contributed by atoms with Crippen molar-refractivity contribution < 1.29 is 4.79 Å². The largest absolute Gasteiger partial charge is 0.337 e. The van der Waals surface area contributed by atoms with E-state index in [4.69, 9.17) is 11.6 Å². The molecule has 0 saturated carbocycles. The summed E-state index contributed by atoms with van der Waals surface area (Å²) in [5.74, 6) is 0.168. The van der Waals surface area contributed by atoms with Crippen molar-refractivity contribution in [3.63, 3.8) is 0 Å². The van der Waals surface area contributed by atoms with Gasteiger partial charge < -0.3 is 10.2 Å². The Morgan fingerprint density at radius 1 is 1.35 bits per heavy atom. The van der Waals surface area contributed by atoms with E-state index < -0.39 is 0 Å². The van der Waals surface area contributed by atoms with E-state index in [1.54, 1.807) is 0 Å². The van der Waals surface area contributed by atoms with Crippen molar-refractivity contribution in [3.05, 3.63) is 45.7 Å². The van der Waals surface area contributed by atoms with E-state index in [0.717, 1.165) is 52.9 Å². The topological polar surface area (TPSA) is 50.2 Å². The summed E-state index contributed by atoms with van der Waals surface area (Å²) in [7, 11) is 0. The third-order valence-corrected chi connectivity index (χ3v) is 5.40. The lowest BCUT2D eigenvalue weighted by Gasteiger charge is -2.34. The van der Waals surface area contributed by atoms with E-state index in [1.165, 1.54) is 0 Å². The number of piperazine rings is 1. The predicted octanol–water partition coefficient (Wildman–Crippen LogP) is 3.24. The number of nitrogens with zero attached hydrogens (tertiary/aromatic N) is 3. The number of nitrogens with one attached hydrogen (secondary N) is 1. The van der Waals surface area contributed by atoms with Gasteiger partial charge in [-0.25, -0.2) is 4.68 Å². The molecule has 1 amide bonds. The molecule has 2 heterocycles. The summed E-state index contributed by atoms with van der Waals surface area (Å²) in [6.45, 7) is 10.5. The van der Waals surface area contributed by atoms with Gasteiger partial charge >= 0.3 is 0 Å². The number of carbonyl (C=O) groups is 1. The molecular formula is C19H26Cl2N4O. The predicted molar refractivity (Wildman–Crippen MR) is 108 cm³/mol. The molecule has 0 bridgehead atoms. The molecule has 1 aliphatic rings. The number of halogens is 2. The SMILES string of the molecule is Cc1ccc(-n2nc(C)c(CC(=O)N3CCNC[C@H]3C)c2C)cc1Cl.Cl. The molecule has 0 radical (unpaired) electrons. The fourth-order valence-electron chi connectivity index (χ4n) is 3.36. The Morgan fingerprint density at radius 3 is 2.73 bits per heavy atom. The van der Waals surface area contributed by atoms with Gasteiger partial charge in [-0.1, -0.05) is 17.7 Å². The molecule has 5 nitrogen and oxygen atoms in total. The second kappa shape index (κ2) is 8.42. The van der Waals surface area contributed by atoms with E-state index in [-0.39, 0.29) is 24.4 Å². The Hall–Kier alpha value is -1.56. The van der Waals surface area contributed by atoms with Gasteiger partial charge in [0.05, 0.1) is 17.8 Å². The van der Waals surface area contributed by atoms with Crippen LogP contribution < -0.4 is 5.32 Å². The van der Waals surface area contributed by atoms with Crippen LogP contribution in [0.5, 0.6) is 0 Å². The highest BCUT2D eigenvalue weighted by Gasteiger charge is 2.25. The minimum Gasteiger partial charge on any atom is -0.337 e. The molecule has 2 aromatic rings. The maximum Gasteiger partial charge on any atom is 0.227 e. The first kappa shape index (κ1) is 20.7. The average molecular weight is 397 g/mol. The summed E-state index contributed by atoms with van der Waals surface area (Å²) in [5.41, 5.74) is 4.85. The maximum absolute atomic E-state index is 12.8. The van der Waals surface area contributed by atoms with E-state index in [1.807, 2.05) is 48.6 Å². The lowest BCUT2D eigenvalue weighted by Crippen LogP contribution is -2.52. The van der Waals surface area contributed by atoms with Crippen LogP contribution in [0.3, 0.4) is 0 Å². The van der Waals surface area contributed by atoms with Gasteiger partial charge in [0.25, 0.3) is 0 Å². The van der Waals surface area contributed by atoms with Gasteiger partial charge in [-0.2, -0.15) is 5.10 Å². The zero-order chi connectivity index (χ0) is 18.1. The summed E-state index contributed by atoms with van der Waals surface area (Å²) < 4.78 is 1.88. The molecule has 26 heavy (non-hydrogen) atoms. The molecule has 1 aromatic carbocycles. The van der Waals surface area contributed by atoms with Crippen molar-refractivity contribution in [1.82, 2.24) is 20.0 Å². The molecule has 1 atom stereocenters. The zero-order valence-corrected chi connectivity index (χ0v) is 17.2. The Kier molecular flexibility index (Phi) is 6.72. The summed E-state index contributed by atoms with van der Waals surface area (Å²) in [5, 5.41) is 8.68. The van der Waals surface area contributed by atoms with Crippen LogP contribution in [0.2, 0.25) is 5.02 Å². The van der Waals surface area contributed by atoms with Crippen LogP contribution >= 0.6 is 24.0 Å². The monoisotopic (exact) mass is 396 g/mol. The van der Waals surface area contributed by atoms with Crippen molar-refractivity contribution in [1.29, 1.82) is 0 Å². The molecule has 1 aliphatic heterocycles. The van der Waals surface area contributed by atoms with Crippen molar-refractivity contribution >= 4 is 29.9 Å². The summed E-state index contributed by atoms with van der Waals surface area (Å²) in [4.78, 5) is 14.7. The highest BCUT2D eigenvalue weighted by Crippen LogP contribution is 2.23. The highest BCUT2D eigenvalue weighted by molar-refractivity contribution is 6.31. The van der Waals surface area contributed by atoms with E-state index in [9.17, 15) is 4.79 Å². The van der Waals surface area contributed by atoms with Gasteiger partial charge in [0.2, 0.25) is 5.91 Å². The maximum atomic E-state index is 12.8. The van der Waals surface area contributed by atoms with Crippen LogP contribution in [0.1, 0.15) is 29.4 Å². The summed E-state index contributed by atoms with van der Waals surface area (Å²) >= 11 is 6.26. The van der Waals surface area contributed by atoms with Crippen LogP contribution in [-0.4, -0.2) is 46.3 Å². The molecule has 0 unspecified atom stereocenters. The number of benzene rings is 1. The summed E-state index contributed by atoms with van der Waals surface area (Å²) in [6.07, 6.45) is 0.390. The molecule has 1 fully saturated rings. The lowest BCUT2D eigenvalue weighted by atomic mass is 10.1. The van der Waals surface area contributed by atoms with Crippen LogP contribution in [-0.2, 0) is 11.2 Å². The first-order valence-corrected chi connectivity index (χ1v) is 9.08. The zero-order valence-electron chi connectivity index (χ0n) is 15.7. The first-order chi connectivity index (χ1) is 11.9. The molecule has 7 heteroatoms. The van der Waals surface area contributed by atoms with Crippen molar-refractivity contribution in [2.24, 2.45) is 0 Å². The molecular weight excluding hydrogens is 371 g/mol. The Morgan fingerprint density at radius 2 is 2.08 bits per heavy atom. The molecule has 1 aromatic heterocycles. The van der Waals surface area contributed by atoms with Gasteiger partial charge in [-0.15, -0.1) is 12.4 Å². The molecule has 142 valence electrons. The average Bonchev–Trinajstić information content (AvgIpc) is 2.86. The number of aryl methyl sites for hydroxylation is 2. The number of hydrogen-bond donors (Lipinski definition) is 1. The van der Waals surface area contributed by atoms with Crippen molar-refractivity contribution in [2.75, 3.05) is 19.6 Å². The van der Waals surface area contributed by atoms with E-state index in [2.05, 4.69) is 17.3 Å². The highest BCUT2D eigenvalue weighted by atomic mass is 35.5. The van der Waals surface area contributed by atoms with Crippen LogP contribution in [0.4, 0.5) is 0 Å². The van der Waals surface area contributed by atoms with Crippen molar-refractivity contribution in [3.8, 4) is 5.69 Å². The number of amides is 1. The third-order valence-electron chi connectivity index (χ3n) is 4.99. The van der Waals surface area contributed by atoms with Gasteiger partial charge in [0.15, 0.2) is 0 Å². The first-order valence-electron chi connectivity index (χ1n) is 8.70. The quantitative estimate of drug-likeness (QED) is 0.865. The normalized spacial score (nSPS) is 17.1. The molecule has 3 rings (SSSR count). The Bertz CT molecular complexity index is 803. The molecule has 1 saturated heterocycles. The van der Waals surface area contributed by atoms with Crippen LogP contribution in [0.25, 0.3) is 5.69 Å². The second-order valence-electron chi connectivity index (χ2n) is 6.81. The Labute approximate surface area is 166 Å². The minimum atomic E-state index is 0. The number of carbonyl (C=O) groups excluding carboxylic acids is 1. The fourth-order valence-corrected chi connectivity index (χ4v) is 3.53. The molecule has 0 aliphatic carbocycles. The second-order valence-corrected chi connectivity index (χ2v) is 7.22. The van der Waals surface area contributed by atoms with E-state index >= 15 is 0 Å². The van der Waals surface area contributed by atoms with Gasteiger partial charge in [0, 0.05) is 42.0 Å². The van der Waals surface area contributed by atoms with Crippen molar-refractivity contribution in [2.45, 2.75) is 40.2 Å². The van der Waals surface area contributed by atoms with Gasteiger partial charge in [-0.05, 0) is 45.4 Å². The van der Waals surface area contributed by atoms with E-state index in [0.29, 0.717) is 6.42 Å². The van der Waals surface area contributed by atoms with Gasteiger partial charge in [0.1, 0.15) is 0 Å². The smallest absolute Gasteiger partial charge is 0.227 e. The number of hydrogen-bond acceptors (Lipinski definition) is 3. The standard InChI is InChI=1S/C19H25ClN4O.ClH/c1-12-5-6-16(9-18(12)20)24-15(4)17(14(3)22-24)10-19(25)23-8-7-21-11-13(23)2;/h5-6,9,13,21H,7-8,10-11H2,1-4H3;1H/t13-;/m1./s1. The molecule has 0 spiro atoms. The van der Waals surface area contributed by atoms with Gasteiger partial charge in [-0.3, -0.25) is 4.79 Å². The number of aromatic nitrogens is 2. The minimum absolute atomic E-state index is 0.